The third-order valence-corrected chi connectivity index (χ3v) is 7.59. The molecule has 33 heavy (non-hydrogen) atoms. The van der Waals surface area contributed by atoms with Crippen molar-refractivity contribution in [2.75, 3.05) is 13.1 Å². The van der Waals surface area contributed by atoms with E-state index in [1.165, 1.54) is 40.8 Å². The van der Waals surface area contributed by atoms with E-state index >= 15 is 0 Å². The minimum Gasteiger partial charge on any atom is -0.405 e. The molecule has 0 unspecified atom stereocenters. The first-order chi connectivity index (χ1) is 15.5. The normalized spacial score (nSPS) is 16.2. The Morgan fingerprint density at radius 1 is 1.15 bits per heavy atom. The number of aliphatic hydroxyl groups is 1. The van der Waals surface area contributed by atoms with Crippen molar-refractivity contribution in [3.63, 3.8) is 0 Å². The fraction of sp³-hybridized carbons (Fsp3) is 0.286. The highest BCUT2D eigenvalue weighted by Gasteiger charge is 2.33. The molecule has 7 nitrogen and oxygen atoms in total. The van der Waals surface area contributed by atoms with E-state index in [-0.39, 0.29) is 40.1 Å². The van der Waals surface area contributed by atoms with Gasteiger partial charge in [0, 0.05) is 30.4 Å². The molecule has 4 rings (SSSR count). The summed E-state index contributed by atoms with van der Waals surface area (Å²) >= 11 is 6.19. The Kier molecular flexibility index (Phi) is 6.41. The molecule has 1 aliphatic rings. The average molecular weight is 502 g/mol. The van der Waals surface area contributed by atoms with Gasteiger partial charge in [-0.05, 0) is 43.2 Å². The number of hydrogen-bond donors (Lipinski definition) is 2. The number of nitrogens with zero attached hydrogens (tertiary/aromatic N) is 2. The number of H-pyrrole nitrogens is 1. The van der Waals surface area contributed by atoms with Gasteiger partial charge in [-0.2, -0.15) is 4.31 Å². The van der Waals surface area contributed by atoms with E-state index in [4.69, 9.17) is 11.6 Å². The highest BCUT2D eigenvalue weighted by molar-refractivity contribution is 7.89. The monoisotopic (exact) mass is 501 g/mol. The van der Waals surface area contributed by atoms with E-state index in [2.05, 4.69) is 14.7 Å². The summed E-state index contributed by atoms with van der Waals surface area (Å²) in [6.07, 6.45) is -3.33. The lowest BCUT2D eigenvalue weighted by molar-refractivity contribution is -0.274. The Bertz CT molecular complexity index is 1260. The van der Waals surface area contributed by atoms with Crippen molar-refractivity contribution in [1.29, 1.82) is 0 Å². The third-order valence-electron chi connectivity index (χ3n) is 5.21. The highest BCUT2D eigenvalue weighted by atomic mass is 35.5. The van der Waals surface area contributed by atoms with Crippen LogP contribution in [0.15, 0.2) is 53.6 Å². The molecule has 0 bridgehead atoms. The summed E-state index contributed by atoms with van der Waals surface area (Å²) < 4.78 is 69.8. The smallest absolute Gasteiger partial charge is 0.405 e. The fourth-order valence-corrected chi connectivity index (χ4v) is 5.54. The maximum Gasteiger partial charge on any atom is 0.573 e. The van der Waals surface area contributed by atoms with Crippen LogP contribution in [-0.4, -0.2) is 53.4 Å². The Balaban J connectivity index is 1.67. The lowest BCUT2D eigenvalue weighted by Crippen LogP contribution is -2.40. The maximum absolute atomic E-state index is 13.1. The largest absolute Gasteiger partial charge is 0.573 e. The van der Waals surface area contributed by atoms with Crippen molar-refractivity contribution >= 4 is 21.6 Å². The summed E-state index contributed by atoms with van der Waals surface area (Å²) in [4.78, 5) is 7.08. The summed E-state index contributed by atoms with van der Waals surface area (Å²) in [5, 5.41) is 9.69. The Morgan fingerprint density at radius 3 is 2.55 bits per heavy atom. The predicted octanol–water partition coefficient (Wildman–Crippen LogP) is 4.44. The molecule has 0 atom stereocenters. The lowest BCUT2D eigenvalue weighted by Gasteiger charge is -2.29. The summed E-state index contributed by atoms with van der Waals surface area (Å²) in [6.45, 7) is 0.343. The molecule has 2 heterocycles. The molecule has 1 aliphatic heterocycles. The topological polar surface area (TPSA) is 95.5 Å². The quantitative estimate of drug-likeness (QED) is 0.539. The van der Waals surface area contributed by atoms with Crippen LogP contribution in [0.25, 0.3) is 22.6 Å². The molecule has 2 aromatic carbocycles. The second kappa shape index (κ2) is 8.98. The minimum atomic E-state index is -4.86. The van der Waals surface area contributed by atoms with Gasteiger partial charge in [-0.1, -0.05) is 23.7 Å². The molecule has 0 spiro atoms. The number of hydrogen-bond acceptors (Lipinski definition) is 5. The zero-order chi connectivity index (χ0) is 23.8. The maximum atomic E-state index is 13.1. The van der Waals surface area contributed by atoms with Gasteiger partial charge in [-0.15, -0.1) is 13.2 Å². The van der Waals surface area contributed by atoms with Crippen molar-refractivity contribution in [2.24, 2.45) is 0 Å². The number of aromatic nitrogens is 2. The van der Waals surface area contributed by atoms with Gasteiger partial charge in [0.05, 0.1) is 16.8 Å². The first-order valence-corrected chi connectivity index (χ1v) is 11.7. The Labute approximate surface area is 192 Å². The van der Waals surface area contributed by atoms with Crippen LogP contribution in [0.4, 0.5) is 13.2 Å². The molecule has 176 valence electrons. The molecule has 3 aromatic rings. The summed E-state index contributed by atoms with van der Waals surface area (Å²) in [7, 11) is -3.92. The van der Waals surface area contributed by atoms with Gasteiger partial charge < -0.3 is 14.8 Å². The van der Waals surface area contributed by atoms with Gasteiger partial charge in [-0.3, -0.25) is 0 Å². The SMILES string of the molecule is O=S(=O)(c1cc(-c2nc(-c3ccccc3OC(F)(F)F)c[nH]2)ccc1Cl)N1CCC(O)CC1. The summed E-state index contributed by atoms with van der Waals surface area (Å²) in [5.74, 6) is -0.163. The molecule has 1 saturated heterocycles. The van der Waals surface area contributed by atoms with Crippen molar-refractivity contribution in [3.8, 4) is 28.4 Å². The van der Waals surface area contributed by atoms with Crippen molar-refractivity contribution in [2.45, 2.75) is 30.2 Å². The van der Waals surface area contributed by atoms with Crippen LogP contribution in [0.1, 0.15) is 12.8 Å². The zero-order valence-electron chi connectivity index (χ0n) is 17.0. The van der Waals surface area contributed by atoms with Crippen LogP contribution < -0.4 is 4.74 Å². The number of halogens is 4. The second-order valence-corrected chi connectivity index (χ2v) is 9.77. The molecular weight excluding hydrogens is 483 g/mol. The van der Waals surface area contributed by atoms with Crippen molar-refractivity contribution in [1.82, 2.24) is 14.3 Å². The van der Waals surface area contributed by atoms with Crippen molar-refractivity contribution < 1.29 is 31.4 Å². The summed E-state index contributed by atoms with van der Waals surface area (Å²) in [5.41, 5.74) is 0.690. The van der Waals surface area contributed by atoms with Gasteiger partial charge in [0.25, 0.3) is 0 Å². The van der Waals surface area contributed by atoms with Crippen LogP contribution in [0.2, 0.25) is 5.02 Å². The van der Waals surface area contributed by atoms with Gasteiger partial charge in [-0.25, -0.2) is 13.4 Å². The number of aliphatic hydroxyl groups excluding tert-OH is 1. The molecule has 1 fully saturated rings. The van der Waals surface area contributed by atoms with E-state index < -0.39 is 28.2 Å². The number of aromatic amines is 1. The molecule has 0 radical (unpaired) electrons. The number of sulfonamides is 1. The number of nitrogens with one attached hydrogen (secondary N) is 1. The second-order valence-electron chi connectivity index (χ2n) is 7.46. The standard InChI is InChI=1S/C21H19ClF3N3O4S/c22-16-6-5-13(11-19(16)33(30,31)28-9-7-14(29)8-10-28)20-26-12-17(27-20)15-3-1-2-4-18(15)32-21(23,24)25/h1-6,11-12,14,29H,7-10H2,(H,26,27). The third kappa shape index (κ3) is 5.16. The number of para-hydroxylation sites is 1. The summed E-state index contributed by atoms with van der Waals surface area (Å²) in [6, 6.07) is 9.92. The number of alkyl halides is 3. The van der Waals surface area contributed by atoms with Gasteiger partial charge in [0.1, 0.15) is 16.5 Å². The van der Waals surface area contributed by atoms with Gasteiger partial charge in [0.2, 0.25) is 10.0 Å². The minimum absolute atomic E-state index is 0.0283. The van der Waals surface area contributed by atoms with Crippen LogP contribution >= 0.6 is 11.6 Å². The van der Waals surface area contributed by atoms with Gasteiger partial charge >= 0.3 is 6.36 Å². The van der Waals surface area contributed by atoms with E-state index in [1.807, 2.05) is 0 Å². The van der Waals surface area contributed by atoms with Crippen LogP contribution in [-0.2, 0) is 10.0 Å². The molecule has 0 saturated carbocycles. The van der Waals surface area contributed by atoms with E-state index in [9.17, 15) is 26.7 Å². The Hall–Kier alpha value is -2.60. The molecule has 0 amide bonds. The zero-order valence-corrected chi connectivity index (χ0v) is 18.6. The van der Waals surface area contributed by atoms with Gasteiger partial charge in [0.15, 0.2) is 0 Å². The predicted molar refractivity (Wildman–Crippen MR) is 115 cm³/mol. The molecule has 1 aromatic heterocycles. The van der Waals surface area contributed by atoms with Crippen LogP contribution in [0.5, 0.6) is 5.75 Å². The van der Waals surface area contributed by atoms with Crippen molar-refractivity contribution in [3.05, 3.63) is 53.7 Å². The number of benzene rings is 2. The van der Waals surface area contributed by atoms with E-state index in [0.29, 0.717) is 18.4 Å². The Morgan fingerprint density at radius 2 is 1.85 bits per heavy atom. The lowest BCUT2D eigenvalue weighted by atomic mass is 10.1. The molecule has 0 aliphatic carbocycles. The first-order valence-electron chi connectivity index (χ1n) is 9.93. The van der Waals surface area contributed by atoms with E-state index in [1.54, 1.807) is 12.1 Å². The molecule has 12 heteroatoms. The fourth-order valence-electron chi connectivity index (χ4n) is 3.57. The van der Waals surface area contributed by atoms with Crippen LogP contribution in [0.3, 0.4) is 0 Å². The number of piperidine rings is 1. The van der Waals surface area contributed by atoms with Crippen LogP contribution in [0, 0.1) is 0 Å². The number of imidazole rings is 1. The number of rotatable bonds is 5. The highest BCUT2D eigenvalue weighted by Crippen LogP contribution is 2.35. The molecule has 2 N–H and O–H groups in total. The molecular formula is C21H19ClF3N3O4S. The number of ether oxygens (including phenoxy) is 1. The average Bonchev–Trinajstić information content (AvgIpc) is 3.23. The first kappa shape index (κ1) is 23.6. The van der Waals surface area contributed by atoms with E-state index in [0.717, 1.165) is 0 Å².